The van der Waals surface area contributed by atoms with E-state index in [-0.39, 0.29) is 17.8 Å². The third-order valence-electron chi connectivity index (χ3n) is 5.12. The van der Waals surface area contributed by atoms with Crippen molar-refractivity contribution in [1.82, 2.24) is 24.8 Å². The van der Waals surface area contributed by atoms with Crippen LogP contribution >= 0.6 is 11.3 Å². The lowest BCUT2D eigenvalue weighted by molar-refractivity contribution is -0.121. The van der Waals surface area contributed by atoms with Gasteiger partial charge in [-0.25, -0.2) is 19.3 Å². The van der Waals surface area contributed by atoms with Crippen LogP contribution in [0, 0.1) is 5.82 Å². The Kier molecular flexibility index (Phi) is 6.41. The summed E-state index contributed by atoms with van der Waals surface area (Å²) in [6.07, 6.45) is 3.43. The van der Waals surface area contributed by atoms with Gasteiger partial charge in [-0.15, -0.1) is 11.3 Å². The number of nitrogens with one attached hydrogen (secondary N) is 1. The average molecular weight is 427 g/mol. The number of rotatable bonds is 6. The number of thiazole rings is 1. The van der Waals surface area contributed by atoms with Gasteiger partial charge in [0.15, 0.2) is 10.8 Å². The Morgan fingerprint density at radius 1 is 1.20 bits per heavy atom. The summed E-state index contributed by atoms with van der Waals surface area (Å²) in [6, 6.07) is 7.46. The molecule has 7 nitrogen and oxygen atoms in total. The van der Waals surface area contributed by atoms with Gasteiger partial charge in [-0.3, -0.25) is 14.6 Å². The van der Waals surface area contributed by atoms with Crippen molar-refractivity contribution >= 4 is 22.9 Å². The zero-order chi connectivity index (χ0) is 20.9. The number of carbonyl (C=O) groups is 1. The van der Waals surface area contributed by atoms with E-state index < -0.39 is 0 Å². The minimum absolute atomic E-state index is 0.124. The lowest BCUT2D eigenvalue weighted by Crippen LogP contribution is -2.52. The number of anilines is 1. The fraction of sp³-hybridized carbons (Fsp3) is 0.333. The van der Waals surface area contributed by atoms with Gasteiger partial charge in [0.25, 0.3) is 0 Å². The van der Waals surface area contributed by atoms with Crippen LogP contribution in [0.5, 0.6) is 0 Å². The van der Waals surface area contributed by atoms with Crippen molar-refractivity contribution < 1.29 is 9.18 Å². The predicted molar refractivity (Wildman–Crippen MR) is 114 cm³/mol. The van der Waals surface area contributed by atoms with E-state index in [1.54, 1.807) is 41.9 Å². The molecule has 0 spiro atoms. The van der Waals surface area contributed by atoms with Crippen LogP contribution in [0.1, 0.15) is 12.6 Å². The minimum Gasteiger partial charge on any atom is -0.325 e. The number of halogens is 1. The van der Waals surface area contributed by atoms with Gasteiger partial charge >= 0.3 is 0 Å². The molecule has 0 aliphatic carbocycles. The molecule has 1 saturated heterocycles. The van der Waals surface area contributed by atoms with Gasteiger partial charge in [-0.05, 0) is 31.2 Å². The second kappa shape index (κ2) is 9.38. The van der Waals surface area contributed by atoms with Crippen LogP contribution in [0.25, 0.3) is 10.8 Å². The highest BCUT2D eigenvalue weighted by Gasteiger charge is 2.26. The van der Waals surface area contributed by atoms with Gasteiger partial charge < -0.3 is 5.32 Å². The molecule has 1 atom stereocenters. The lowest BCUT2D eigenvalue weighted by Gasteiger charge is -2.37. The Balaban J connectivity index is 1.27. The molecule has 4 rings (SSSR count). The first-order chi connectivity index (χ1) is 14.6. The van der Waals surface area contributed by atoms with E-state index in [4.69, 9.17) is 0 Å². The van der Waals surface area contributed by atoms with Crippen LogP contribution in [0.2, 0.25) is 0 Å². The SMILES string of the molecule is CC(C(=O)Nc1cccc(F)c1)N1CCN(Cc2csc(-c3ncccn3)n2)CC1. The van der Waals surface area contributed by atoms with Gasteiger partial charge in [0.1, 0.15) is 5.82 Å². The van der Waals surface area contributed by atoms with E-state index >= 15 is 0 Å². The fourth-order valence-corrected chi connectivity index (χ4v) is 4.16. The molecule has 30 heavy (non-hydrogen) atoms. The molecule has 0 saturated carbocycles. The Morgan fingerprint density at radius 3 is 2.70 bits per heavy atom. The summed E-state index contributed by atoms with van der Waals surface area (Å²) in [5.41, 5.74) is 1.49. The topological polar surface area (TPSA) is 74.2 Å². The number of amides is 1. The summed E-state index contributed by atoms with van der Waals surface area (Å²) < 4.78 is 13.3. The van der Waals surface area contributed by atoms with Crippen molar-refractivity contribution in [3.05, 3.63) is 59.6 Å². The van der Waals surface area contributed by atoms with Crippen LogP contribution in [-0.4, -0.2) is 62.9 Å². The first kappa shape index (κ1) is 20.5. The van der Waals surface area contributed by atoms with Crippen LogP contribution in [-0.2, 0) is 11.3 Å². The van der Waals surface area contributed by atoms with Crippen LogP contribution in [0.3, 0.4) is 0 Å². The van der Waals surface area contributed by atoms with Gasteiger partial charge in [-0.2, -0.15) is 0 Å². The number of carbonyl (C=O) groups excluding carboxylic acids is 1. The standard InChI is InChI=1S/C21H23FN6OS/c1-15(20(29)25-17-5-2-4-16(22)12-17)28-10-8-27(9-11-28)13-18-14-30-21(26-18)19-23-6-3-7-24-19/h2-7,12,14-15H,8-11,13H2,1H3,(H,25,29). The predicted octanol–water partition coefficient (Wildman–Crippen LogP) is 2.88. The monoisotopic (exact) mass is 426 g/mol. The Labute approximate surface area is 178 Å². The summed E-state index contributed by atoms with van der Waals surface area (Å²) in [5.74, 6) is 0.163. The summed E-state index contributed by atoms with van der Waals surface area (Å²) >= 11 is 1.55. The fourth-order valence-electron chi connectivity index (χ4n) is 3.41. The van der Waals surface area contributed by atoms with Crippen molar-refractivity contribution in [3.63, 3.8) is 0 Å². The molecule has 1 aliphatic rings. The van der Waals surface area contributed by atoms with E-state index in [1.807, 2.05) is 12.3 Å². The molecule has 0 radical (unpaired) electrons. The quantitative estimate of drug-likeness (QED) is 0.653. The van der Waals surface area contributed by atoms with E-state index in [1.165, 1.54) is 12.1 Å². The van der Waals surface area contributed by atoms with Gasteiger partial charge in [0.2, 0.25) is 5.91 Å². The van der Waals surface area contributed by atoms with Gasteiger partial charge in [0, 0.05) is 56.2 Å². The second-order valence-corrected chi connectivity index (χ2v) is 8.06. The molecule has 9 heteroatoms. The van der Waals surface area contributed by atoms with Crippen LogP contribution < -0.4 is 5.32 Å². The molecule has 1 amide bonds. The maximum absolute atomic E-state index is 13.3. The maximum Gasteiger partial charge on any atom is 0.241 e. The molecule has 1 aromatic carbocycles. The molecule has 3 heterocycles. The molecule has 1 N–H and O–H groups in total. The number of piperazine rings is 1. The third kappa shape index (κ3) is 5.05. The average Bonchev–Trinajstić information content (AvgIpc) is 3.23. The van der Waals surface area contributed by atoms with Gasteiger partial charge in [0.05, 0.1) is 11.7 Å². The second-order valence-electron chi connectivity index (χ2n) is 7.20. The van der Waals surface area contributed by atoms with Crippen molar-refractivity contribution in [2.75, 3.05) is 31.5 Å². The van der Waals surface area contributed by atoms with Crippen molar-refractivity contribution in [1.29, 1.82) is 0 Å². The maximum atomic E-state index is 13.3. The Morgan fingerprint density at radius 2 is 1.97 bits per heavy atom. The molecule has 1 aliphatic heterocycles. The van der Waals surface area contributed by atoms with Crippen molar-refractivity contribution in [3.8, 4) is 10.8 Å². The molecule has 156 valence electrons. The number of hydrogen-bond donors (Lipinski definition) is 1. The molecule has 1 unspecified atom stereocenters. The Hall–Kier alpha value is -2.75. The molecular formula is C21H23FN6OS. The van der Waals surface area contributed by atoms with Crippen LogP contribution in [0.15, 0.2) is 48.1 Å². The van der Waals surface area contributed by atoms with Crippen molar-refractivity contribution in [2.24, 2.45) is 0 Å². The van der Waals surface area contributed by atoms with E-state index in [9.17, 15) is 9.18 Å². The zero-order valence-electron chi connectivity index (χ0n) is 16.7. The van der Waals surface area contributed by atoms with E-state index in [2.05, 4.69) is 30.1 Å². The summed E-state index contributed by atoms with van der Waals surface area (Å²) in [5, 5.41) is 5.67. The molecular weight excluding hydrogens is 403 g/mol. The number of nitrogens with zero attached hydrogens (tertiary/aromatic N) is 5. The normalized spacial score (nSPS) is 16.3. The highest BCUT2D eigenvalue weighted by Crippen LogP contribution is 2.21. The van der Waals surface area contributed by atoms with Crippen LogP contribution in [0.4, 0.5) is 10.1 Å². The minimum atomic E-state index is -0.363. The summed E-state index contributed by atoms with van der Waals surface area (Å²) in [4.78, 5) is 30.2. The number of aromatic nitrogens is 3. The molecule has 1 fully saturated rings. The number of benzene rings is 1. The van der Waals surface area contributed by atoms with Crippen molar-refractivity contribution in [2.45, 2.75) is 19.5 Å². The zero-order valence-corrected chi connectivity index (χ0v) is 17.5. The third-order valence-corrected chi connectivity index (χ3v) is 6.01. The van der Waals surface area contributed by atoms with E-state index in [0.717, 1.165) is 43.4 Å². The summed E-state index contributed by atoms with van der Waals surface area (Å²) in [6.45, 7) is 5.93. The highest BCUT2D eigenvalue weighted by molar-refractivity contribution is 7.13. The smallest absolute Gasteiger partial charge is 0.241 e. The van der Waals surface area contributed by atoms with E-state index in [0.29, 0.717) is 11.5 Å². The summed E-state index contributed by atoms with van der Waals surface area (Å²) in [7, 11) is 0. The lowest BCUT2D eigenvalue weighted by atomic mass is 10.2. The highest BCUT2D eigenvalue weighted by atomic mass is 32.1. The first-order valence-electron chi connectivity index (χ1n) is 9.83. The molecule has 3 aromatic rings. The van der Waals surface area contributed by atoms with Gasteiger partial charge in [-0.1, -0.05) is 6.07 Å². The first-order valence-corrected chi connectivity index (χ1v) is 10.7. The largest absolute Gasteiger partial charge is 0.325 e. The Bertz CT molecular complexity index is 990. The molecule has 2 aromatic heterocycles. The number of hydrogen-bond acceptors (Lipinski definition) is 7. The molecule has 0 bridgehead atoms.